The first-order valence-electron chi connectivity index (χ1n) is 13.0. The number of carbonyl (C=O) groups excluding carboxylic acids is 2. The van der Waals surface area contributed by atoms with Crippen LogP contribution in [0.15, 0.2) is 59.6 Å². The number of nitrogens with zero attached hydrogens (tertiary/aromatic N) is 4. The predicted molar refractivity (Wildman–Crippen MR) is 156 cm³/mol. The summed E-state index contributed by atoms with van der Waals surface area (Å²) in [4.78, 5) is 37.2. The number of thioether (sulfide) groups is 1. The van der Waals surface area contributed by atoms with E-state index in [2.05, 4.69) is 9.88 Å². The predicted octanol–water partition coefficient (Wildman–Crippen LogP) is 3.65. The van der Waals surface area contributed by atoms with Crippen molar-refractivity contribution >= 4 is 61.5 Å². The molecule has 0 N–H and O–H groups in total. The minimum atomic E-state index is -3.76. The Morgan fingerprint density at radius 2 is 1.85 bits per heavy atom. The van der Waals surface area contributed by atoms with Crippen LogP contribution in [0, 0.1) is 6.92 Å². The largest absolute Gasteiger partial charge is 0.367 e. The number of carbonyl (C=O) groups is 2. The Morgan fingerprint density at radius 1 is 1.05 bits per heavy atom. The van der Waals surface area contributed by atoms with Crippen LogP contribution in [0.2, 0.25) is 5.02 Å². The molecular weight excluding hydrogens is 556 g/mol. The third-order valence-corrected chi connectivity index (χ3v) is 10.2. The molecule has 2 fully saturated rings. The number of aryl methyl sites for hydroxylation is 1. The number of piperazine rings is 1. The molecule has 2 amide bonds. The smallest absolute Gasteiger partial charge is 0.247 e. The number of benzene rings is 2. The van der Waals surface area contributed by atoms with Crippen LogP contribution in [0.1, 0.15) is 12.1 Å². The molecule has 1 unspecified atom stereocenters. The third kappa shape index (κ3) is 6.18. The summed E-state index contributed by atoms with van der Waals surface area (Å²) in [6, 6.07) is 13.3. The maximum atomic E-state index is 13.7. The third-order valence-electron chi connectivity index (χ3n) is 7.28. The average Bonchev–Trinajstić information content (AvgIpc) is 2.95. The van der Waals surface area contributed by atoms with Crippen molar-refractivity contribution in [3.05, 3.63) is 65.4 Å². The first-order valence-corrected chi connectivity index (χ1v) is 16.2. The summed E-state index contributed by atoms with van der Waals surface area (Å²) in [5.74, 6) is 1.01. The van der Waals surface area contributed by atoms with Gasteiger partial charge in [0.25, 0.3) is 0 Å². The summed E-state index contributed by atoms with van der Waals surface area (Å²) in [6.07, 6.45) is 1.55. The van der Waals surface area contributed by atoms with E-state index in [1.165, 1.54) is 0 Å². The second kappa shape index (κ2) is 11.7. The van der Waals surface area contributed by atoms with Gasteiger partial charge in [-0.25, -0.2) is 8.42 Å². The highest BCUT2D eigenvalue weighted by Crippen LogP contribution is 2.28. The second-order valence-corrected chi connectivity index (χ2v) is 13.6. The number of amides is 2. The highest BCUT2D eigenvalue weighted by Gasteiger charge is 2.38. The fraction of sp³-hybridized carbons (Fsp3) is 0.393. The number of rotatable bonds is 6. The van der Waals surface area contributed by atoms with Crippen LogP contribution in [-0.2, 0) is 19.4 Å². The highest BCUT2D eigenvalue weighted by molar-refractivity contribution is 7.99. The van der Waals surface area contributed by atoms with Crippen molar-refractivity contribution in [3.8, 4) is 0 Å². The maximum absolute atomic E-state index is 13.7. The van der Waals surface area contributed by atoms with Crippen molar-refractivity contribution < 1.29 is 18.0 Å². The van der Waals surface area contributed by atoms with Crippen LogP contribution in [0.25, 0.3) is 10.8 Å². The van der Waals surface area contributed by atoms with Gasteiger partial charge in [0.05, 0.1) is 10.6 Å². The molecule has 11 heteroatoms. The topological polar surface area (TPSA) is 90.9 Å². The number of aromatic nitrogens is 1. The maximum Gasteiger partial charge on any atom is 0.247 e. The lowest BCUT2D eigenvalue weighted by Gasteiger charge is -2.43. The lowest BCUT2D eigenvalue weighted by Crippen LogP contribution is -2.62. The molecule has 0 bridgehead atoms. The van der Waals surface area contributed by atoms with Crippen molar-refractivity contribution in [1.82, 2.24) is 14.8 Å². The summed E-state index contributed by atoms with van der Waals surface area (Å²) in [7, 11) is -3.76. The van der Waals surface area contributed by atoms with Gasteiger partial charge in [0.2, 0.25) is 11.8 Å². The average molecular weight is 587 g/mol. The van der Waals surface area contributed by atoms with Crippen molar-refractivity contribution in [3.63, 3.8) is 0 Å². The van der Waals surface area contributed by atoms with E-state index in [4.69, 9.17) is 11.6 Å². The van der Waals surface area contributed by atoms with E-state index in [0.29, 0.717) is 43.1 Å². The number of fused-ring (bicyclic) bond motifs is 1. The Hall–Kier alpha value is -2.82. The molecule has 2 saturated heterocycles. The van der Waals surface area contributed by atoms with Crippen LogP contribution in [0.4, 0.5) is 5.69 Å². The molecule has 0 saturated carbocycles. The van der Waals surface area contributed by atoms with Crippen molar-refractivity contribution in [1.29, 1.82) is 0 Å². The molecule has 3 aromatic rings. The molecule has 0 spiro atoms. The van der Waals surface area contributed by atoms with E-state index in [-0.39, 0.29) is 28.9 Å². The molecule has 2 aliphatic rings. The molecule has 2 aromatic carbocycles. The molecule has 206 valence electrons. The van der Waals surface area contributed by atoms with Gasteiger partial charge in [0.1, 0.15) is 6.04 Å². The quantitative estimate of drug-likeness (QED) is 0.435. The Balaban J connectivity index is 1.35. The summed E-state index contributed by atoms with van der Waals surface area (Å²) in [5.41, 5.74) is 1.84. The zero-order chi connectivity index (χ0) is 27.6. The van der Waals surface area contributed by atoms with Gasteiger partial charge in [0, 0.05) is 78.6 Å². The van der Waals surface area contributed by atoms with Gasteiger partial charge in [-0.3, -0.25) is 14.6 Å². The van der Waals surface area contributed by atoms with E-state index in [0.717, 1.165) is 28.3 Å². The minimum absolute atomic E-state index is 0.0760. The Kier molecular flexibility index (Phi) is 8.35. The van der Waals surface area contributed by atoms with Gasteiger partial charge in [0.15, 0.2) is 9.84 Å². The Morgan fingerprint density at radius 3 is 2.62 bits per heavy atom. The summed E-state index contributed by atoms with van der Waals surface area (Å²) in [5, 5.41) is 1.82. The first kappa shape index (κ1) is 27.7. The van der Waals surface area contributed by atoms with Crippen LogP contribution in [0.3, 0.4) is 0 Å². The molecule has 2 aliphatic heterocycles. The fourth-order valence-corrected chi connectivity index (χ4v) is 7.77. The molecule has 0 radical (unpaired) electrons. The molecule has 1 atom stereocenters. The molecule has 3 heterocycles. The van der Waals surface area contributed by atoms with Crippen LogP contribution >= 0.6 is 23.4 Å². The Labute approximate surface area is 238 Å². The van der Waals surface area contributed by atoms with Crippen LogP contribution in [0.5, 0.6) is 0 Å². The molecule has 8 nitrogen and oxygen atoms in total. The Bertz CT molecular complexity index is 1490. The van der Waals surface area contributed by atoms with E-state index in [1.807, 2.05) is 41.8 Å². The van der Waals surface area contributed by atoms with E-state index in [9.17, 15) is 18.0 Å². The number of anilines is 1. The molecule has 0 aliphatic carbocycles. The van der Waals surface area contributed by atoms with Crippen LogP contribution in [-0.4, -0.2) is 91.0 Å². The van der Waals surface area contributed by atoms with E-state index >= 15 is 0 Å². The fourth-order valence-electron chi connectivity index (χ4n) is 5.22. The van der Waals surface area contributed by atoms with Gasteiger partial charge in [-0.05, 0) is 42.6 Å². The number of sulfone groups is 1. The molecule has 1 aromatic heterocycles. The normalized spacial score (nSPS) is 18.4. The zero-order valence-corrected chi connectivity index (χ0v) is 24.1. The van der Waals surface area contributed by atoms with Crippen LogP contribution < -0.4 is 4.90 Å². The van der Waals surface area contributed by atoms with Gasteiger partial charge < -0.3 is 14.7 Å². The van der Waals surface area contributed by atoms with Crippen molar-refractivity contribution in [2.24, 2.45) is 0 Å². The van der Waals surface area contributed by atoms with Crippen molar-refractivity contribution in [2.75, 3.05) is 54.9 Å². The second-order valence-electron chi connectivity index (χ2n) is 9.83. The molecule has 39 heavy (non-hydrogen) atoms. The lowest BCUT2D eigenvalue weighted by molar-refractivity contribution is -0.146. The van der Waals surface area contributed by atoms with Crippen molar-refractivity contribution in [2.45, 2.75) is 24.3 Å². The molecule has 5 rings (SSSR count). The summed E-state index contributed by atoms with van der Waals surface area (Å²) in [6.45, 7) is 4.46. The summed E-state index contributed by atoms with van der Waals surface area (Å²) >= 11 is 7.90. The number of hydrogen-bond acceptors (Lipinski definition) is 7. The first-order chi connectivity index (χ1) is 18.7. The van der Waals surface area contributed by atoms with Gasteiger partial charge in [-0.2, -0.15) is 11.8 Å². The minimum Gasteiger partial charge on any atom is -0.367 e. The zero-order valence-electron chi connectivity index (χ0n) is 21.8. The number of halogens is 1. The van der Waals surface area contributed by atoms with E-state index in [1.54, 1.807) is 41.4 Å². The standard InChI is InChI=1S/C28H31ClN4O4S2/c1-20-17-23(7-9-30-20)32-10-11-33(25(19-32)28(35)31-12-14-38-15-13-31)27(34)8-16-39(36,37)26-4-2-3-21-18-22(29)5-6-24(21)26/h2-7,9,17-18,25H,8,10-16,19H2,1H3. The number of pyridine rings is 1. The lowest BCUT2D eigenvalue weighted by atomic mass is 10.1. The SMILES string of the molecule is Cc1cc(N2CCN(C(=O)CCS(=O)(=O)c3cccc4cc(Cl)ccc34)C(C(=O)N3CCSCC3)C2)ccn1. The monoisotopic (exact) mass is 586 g/mol. The molecular formula is C28H31ClN4O4S2. The highest BCUT2D eigenvalue weighted by atomic mass is 35.5. The van der Waals surface area contributed by atoms with E-state index < -0.39 is 15.9 Å². The van der Waals surface area contributed by atoms with Gasteiger partial charge in [-0.15, -0.1) is 0 Å². The van der Waals surface area contributed by atoms with Gasteiger partial charge >= 0.3 is 0 Å². The number of hydrogen-bond donors (Lipinski definition) is 0. The summed E-state index contributed by atoms with van der Waals surface area (Å²) < 4.78 is 26.7. The van der Waals surface area contributed by atoms with Gasteiger partial charge in [-0.1, -0.05) is 29.8 Å².